The zero-order valence-electron chi connectivity index (χ0n) is 13.8. The van der Waals surface area contributed by atoms with Crippen molar-refractivity contribution >= 4 is 23.6 Å². The van der Waals surface area contributed by atoms with Crippen molar-refractivity contribution in [3.8, 4) is 0 Å². The van der Waals surface area contributed by atoms with Gasteiger partial charge in [0.05, 0.1) is 11.8 Å². The molecule has 136 valence electrons. The van der Waals surface area contributed by atoms with Crippen LogP contribution >= 0.6 is 11.8 Å². The van der Waals surface area contributed by atoms with E-state index >= 15 is 0 Å². The second kappa shape index (κ2) is 8.18. The van der Waals surface area contributed by atoms with E-state index in [1.807, 2.05) is 0 Å². The standard InChI is InChI=1S/C18H18FN3O3S/c19-13-6-2-1-4-11(13)8-15-18(25)22-14(10-26-15)17(24)20-9-12-5-3-7-16(23)21-12/h1-7,14-15H,8-10H2,(H,20,24)(H,21,23)(H,22,25)/t14-,15-/m1/s1. The molecular formula is C18H18FN3O3S. The quantitative estimate of drug-likeness (QED) is 0.726. The van der Waals surface area contributed by atoms with Crippen molar-refractivity contribution in [1.82, 2.24) is 15.6 Å². The Kier molecular flexibility index (Phi) is 5.72. The van der Waals surface area contributed by atoms with Gasteiger partial charge >= 0.3 is 0 Å². The van der Waals surface area contributed by atoms with Gasteiger partial charge in [-0.2, -0.15) is 0 Å². The normalized spacial score (nSPS) is 19.7. The summed E-state index contributed by atoms with van der Waals surface area (Å²) in [6, 6.07) is 10.4. The van der Waals surface area contributed by atoms with Crippen LogP contribution in [-0.4, -0.2) is 33.8 Å². The number of pyridine rings is 1. The van der Waals surface area contributed by atoms with Crippen molar-refractivity contribution in [2.75, 3.05) is 5.75 Å². The summed E-state index contributed by atoms with van der Waals surface area (Å²) in [4.78, 5) is 38.3. The van der Waals surface area contributed by atoms with Gasteiger partial charge in [0.25, 0.3) is 0 Å². The van der Waals surface area contributed by atoms with Crippen LogP contribution in [0, 0.1) is 5.82 Å². The number of hydrogen-bond donors (Lipinski definition) is 3. The zero-order chi connectivity index (χ0) is 18.5. The first-order valence-electron chi connectivity index (χ1n) is 8.14. The van der Waals surface area contributed by atoms with Gasteiger partial charge in [0, 0.05) is 17.5 Å². The van der Waals surface area contributed by atoms with Crippen molar-refractivity contribution in [3.63, 3.8) is 0 Å². The summed E-state index contributed by atoms with van der Waals surface area (Å²) in [6.45, 7) is 0.171. The molecule has 2 aromatic rings. The van der Waals surface area contributed by atoms with E-state index in [-0.39, 0.29) is 36.2 Å². The first kappa shape index (κ1) is 18.2. The summed E-state index contributed by atoms with van der Waals surface area (Å²) in [6.07, 6.45) is 0.281. The maximum atomic E-state index is 13.7. The van der Waals surface area contributed by atoms with E-state index in [1.165, 1.54) is 23.9 Å². The van der Waals surface area contributed by atoms with Gasteiger partial charge in [-0.05, 0) is 24.1 Å². The molecular weight excluding hydrogens is 357 g/mol. The Balaban J connectivity index is 1.53. The van der Waals surface area contributed by atoms with Crippen LogP contribution in [0.2, 0.25) is 0 Å². The number of thioether (sulfide) groups is 1. The number of H-pyrrole nitrogens is 1. The van der Waals surface area contributed by atoms with Gasteiger partial charge in [-0.15, -0.1) is 11.8 Å². The molecule has 1 aliphatic rings. The van der Waals surface area contributed by atoms with Gasteiger partial charge in [0.15, 0.2) is 0 Å². The lowest BCUT2D eigenvalue weighted by Gasteiger charge is -2.28. The lowest BCUT2D eigenvalue weighted by molar-refractivity contribution is -0.128. The summed E-state index contributed by atoms with van der Waals surface area (Å²) in [5.74, 6) is -0.530. The van der Waals surface area contributed by atoms with Crippen molar-refractivity contribution in [3.05, 3.63) is 69.9 Å². The summed E-state index contributed by atoms with van der Waals surface area (Å²) in [7, 11) is 0. The van der Waals surface area contributed by atoms with Crippen LogP contribution in [0.4, 0.5) is 4.39 Å². The second-order valence-electron chi connectivity index (χ2n) is 5.94. The SMILES string of the molecule is O=C(NCc1cccc(=O)[nH]1)[C@H]1CS[C@H](Cc2ccccc2F)C(=O)N1. The number of benzene rings is 1. The van der Waals surface area contributed by atoms with Crippen LogP contribution in [0.25, 0.3) is 0 Å². The molecule has 0 bridgehead atoms. The molecule has 1 aromatic heterocycles. The molecule has 2 heterocycles. The minimum absolute atomic E-state index is 0.171. The number of hydrogen-bond acceptors (Lipinski definition) is 4. The third-order valence-corrected chi connectivity index (χ3v) is 5.34. The topological polar surface area (TPSA) is 91.1 Å². The van der Waals surface area contributed by atoms with Crippen LogP contribution in [-0.2, 0) is 22.6 Å². The molecule has 2 atom stereocenters. The maximum Gasteiger partial charge on any atom is 0.248 e. The Bertz CT molecular complexity index is 871. The average Bonchev–Trinajstić information content (AvgIpc) is 2.63. The predicted octanol–water partition coefficient (Wildman–Crippen LogP) is 0.973. The Morgan fingerprint density at radius 1 is 1.19 bits per heavy atom. The van der Waals surface area contributed by atoms with E-state index in [9.17, 15) is 18.8 Å². The fourth-order valence-electron chi connectivity index (χ4n) is 2.65. The number of carbonyl (C=O) groups is 2. The predicted molar refractivity (Wildman–Crippen MR) is 97.2 cm³/mol. The van der Waals surface area contributed by atoms with Crippen LogP contribution in [0.3, 0.4) is 0 Å². The van der Waals surface area contributed by atoms with Crippen molar-refractivity contribution in [2.45, 2.75) is 24.3 Å². The summed E-state index contributed by atoms with van der Waals surface area (Å²) >= 11 is 1.34. The fraction of sp³-hybridized carbons (Fsp3) is 0.278. The first-order valence-corrected chi connectivity index (χ1v) is 9.19. The highest BCUT2D eigenvalue weighted by atomic mass is 32.2. The molecule has 1 aromatic carbocycles. The molecule has 6 nitrogen and oxygen atoms in total. The number of rotatable bonds is 5. The van der Waals surface area contributed by atoms with E-state index < -0.39 is 11.3 Å². The van der Waals surface area contributed by atoms with E-state index in [2.05, 4.69) is 15.6 Å². The summed E-state index contributed by atoms with van der Waals surface area (Å²) in [5, 5.41) is 4.95. The molecule has 1 fully saturated rings. The van der Waals surface area contributed by atoms with Crippen molar-refractivity contribution in [2.24, 2.45) is 0 Å². The van der Waals surface area contributed by atoms with Crippen molar-refractivity contribution in [1.29, 1.82) is 0 Å². The lowest BCUT2D eigenvalue weighted by atomic mass is 10.1. The largest absolute Gasteiger partial charge is 0.349 e. The van der Waals surface area contributed by atoms with Gasteiger partial charge in [-0.25, -0.2) is 4.39 Å². The third kappa shape index (κ3) is 4.51. The summed E-state index contributed by atoms with van der Waals surface area (Å²) in [5.41, 5.74) is 0.823. The number of carbonyl (C=O) groups excluding carboxylic acids is 2. The van der Waals surface area contributed by atoms with E-state index in [0.717, 1.165) is 0 Å². The molecule has 0 unspecified atom stereocenters. The zero-order valence-corrected chi connectivity index (χ0v) is 14.6. The Morgan fingerprint density at radius 3 is 2.73 bits per heavy atom. The molecule has 1 aliphatic heterocycles. The molecule has 8 heteroatoms. The Morgan fingerprint density at radius 2 is 2.00 bits per heavy atom. The Hall–Kier alpha value is -2.61. The number of amides is 2. The molecule has 0 radical (unpaired) electrons. The fourth-order valence-corrected chi connectivity index (χ4v) is 3.83. The molecule has 0 saturated carbocycles. The molecule has 3 N–H and O–H groups in total. The highest BCUT2D eigenvalue weighted by Gasteiger charge is 2.32. The van der Waals surface area contributed by atoms with Crippen LogP contribution in [0.5, 0.6) is 0 Å². The van der Waals surface area contributed by atoms with E-state index in [1.54, 1.807) is 30.3 Å². The van der Waals surface area contributed by atoms with Crippen molar-refractivity contribution < 1.29 is 14.0 Å². The van der Waals surface area contributed by atoms with Gasteiger partial charge < -0.3 is 15.6 Å². The Labute approximate surface area is 153 Å². The molecule has 0 aliphatic carbocycles. The smallest absolute Gasteiger partial charge is 0.248 e. The number of nitrogens with one attached hydrogen (secondary N) is 3. The molecule has 1 saturated heterocycles. The van der Waals surface area contributed by atoms with Crippen LogP contribution in [0.15, 0.2) is 47.3 Å². The minimum atomic E-state index is -0.653. The highest BCUT2D eigenvalue weighted by Crippen LogP contribution is 2.23. The van der Waals surface area contributed by atoms with Gasteiger partial charge in [-0.3, -0.25) is 14.4 Å². The monoisotopic (exact) mass is 375 g/mol. The number of halogens is 1. The van der Waals surface area contributed by atoms with E-state index in [4.69, 9.17) is 0 Å². The first-order chi connectivity index (χ1) is 12.5. The summed E-state index contributed by atoms with van der Waals surface area (Å²) < 4.78 is 13.7. The van der Waals surface area contributed by atoms with E-state index in [0.29, 0.717) is 17.0 Å². The third-order valence-electron chi connectivity index (χ3n) is 4.03. The maximum absolute atomic E-state index is 13.7. The van der Waals surface area contributed by atoms with Crippen LogP contribution < -0.4 is 16.2 Å². The van der Waals surface area contributed by atoms with Gasteiger partial charge in [0.1, 0.15) is 11.9 Å². The average molecular weight is 375 g/mol. The molecule has 26 heavy (non-hydrogen) atoms. The second-order valence-corrected chi connectivity index (χ2v) is 7.17. The number of aromatic amines is 1. The van der Waals surface area contributed by atoms with Crippen LogP contribution in [0.1, 0.15) is 11.3 Å². The minimum Gasteiger partial charge on any atom is -0.349 e. The van der Waals surface area contributed by atoms with Gasteiger partial charge in [0.2, 0.25) is 17.4 Å². The van der Waals surface area contributed by atoms with Gasteiger partial charge in [-0.1, -0.05) is 24.3 Å². The molecule has 2 amide bonds. The highest BCUT2D eigenvalue weighted by molar-refractivity contribution is 8.00. The lowest BCUT2D eigenvalue weighted by Crippen LogP contribution is -2.54. The molecule has 3 rings (SSSR count). The molecule has 0 spiro atoms. The number of aromatic nitrogens is 1.